The fourth-order valence-electron chi connectivity index (χ4n) is 2.52. The highest BCUT2D eigenvalue weighted by Gasteiger charge is 2.16. The number of hydrogen-bond donors (Lipinski definition) is 1. The molecule has 1 fully saturated rings. The van der Waals surface area contributed by atoms with Crippen molar-refractivity contribution in [1.29, 1.82) is 0 Å². The average Bonchev–Trinajstić information content (AvgIpc) is 2.45. The normalized spacial score (nSPS) is 17.4. The lowest BCUT2D eigenvalue weighted by molar-refractivity contribution is 0.226. The van der Waals surface area contributed by atoms with Gasteiger partial charge in [-0.25, -0.2) is 0 Å². The van der Waals surface area contributed by atoms with Gasteiger partial charge in [-0.3, -0.25) is 0 Å². The monoisotopic (exact) mass is 276 g/mol. The summed E-state index contributed by atoms with van der Waals surface area (Å²) in [5.74, 6) is 2.32. The van der Waals surface area contributed by atoms with E-state index in [1.165, 1.54) is 25.9 Å². The van der Waals surface area contributed by atoms with Gasteiger partial charge in [0, 0.05) is 6.54 Å². The minimum Gasteiger partial charge on any atom is -0.491 e. The number of nitrogens with zero attached hydrogens (tertiary/aromatic N) is 1. The maximum Gasteiger partial charge on any atom is 0.142 e. The van der Waals surface area contributed by atoms with Crippen molar-refractivity contribution in [1.82, 2.24) is 4.90 Å². The Hall–Kier alpha value is -1.22. The van der Waals surface area contributed by atoms with Crippen LogP contribution in [0.1, 0.15) is 26.7 Å². The third-order valence-corrected chi connectivity index (χ3v) is 3.88. The molecule has 1 aromatic rings. The van der Waals surface area contributed by atoms with E-state index in [4.69, 9.17) is 4.74 Å². The van der Waals surface area contributed by atoms with E-state index in [-0.39, 0.29) is 0 Å². The number of hydrogen-bond acceptors (Lipinski definition) is 3. The van der Waals surface area contributed by atoms with Gasteiger partial charge >= 0.3 is 0 Å². The molecule has 0 radical (unpaired) electrons. The third kappa shape index (κ3) is 4.71. The van der Waals surface area contributed by atoms with Crippen molar-refractivity contribution in [2.24, 2.45) is 11.8 Å². The maximum absolute atomic E-state index is 5.88. The molecule has 0 unspecified atom stereocenters. The third-order valence-electron chi connectivity index (χ3n) is 3.88. The van der Waals surface area contributed by atoms with Crippen molar-refractivity contribution in [3.63, 3.8) is 0 Å². The van der Waals surface area contributed by atoms with Crippen molar-refractivity contribution in [3.05, 3.63) is 24.3 Å². The molecule has 0 atom stereocenters. The molecule has 0 aromatic heterocycles. The van der Waals surface area contributed by atoms with Gasteiger partial charge in [0.15, 0.2) is 0 Å². The summed E-state index contributed by atoms with van der Waals surface area (Å²) < 4.78 is 5.88. The van der Waals surface area contributed by atoms with Crippen LogP contribution in [0.2, 0.25) is 0 Å². The minimum atomic E-state index is 0.553. The summed E-state index contributed by atoms with van der Waals surface area (Å²) in [7, 11) is 2.21. The molecular weight excluding hydrogens is 248 g/mol. The Bertz CT molecular complexity index is 398. The van der Waals surface area contributed by atoms with Crippen molar-refractivity contribution in [3.8, 4) is 5.75 Å². The first-order chi connectivity index (χ1) is 9.65. The molecule has 1 N–H and O–H groups in total. The molecule has 1 aliphatic rings. The van der Waals surface area contributed by atoms with E-state index in [2.05, 4.69) is 49.3 Å². The number of para-hydroxylation sites is 2. The predicted molar refractivity (Wildman–Crippen MR) is 85.5 cm³/mol. The van der Waals surface area contributed by atoms with Crippen molar-refractivity contribution in [2.45, 2.75) is 26.7 Å². The van der Waals surface area contributed by atoms with Crippen LogP contribution in [0.3, 0.4) is 0 Å². The van der Waals surface area contributed by atoms with E-state index >= 15 is 0 Å². The number of benzene rings is 1. The summed E-state index contributed by atoms with van der Waals surface area (Å²) in [5, 5.41) is 3.58. The van der Waals surface area contributed by atoms with Crippen LogP contribution in [-0.2, 0) is 0 Å². The maximum atomic E-state index is 5.88. The molecule has 0 aliphatic carbocycles. The first-order valence-electron chi connectivity index (χ1n) is 7.79. The van der Waals surface area contributed by atoms with Gasteiger partial charge in [-0.05, 0) is 56.9 Å². The Morgan fingerprint density at radius 1 is 1.25 bits per heavy atom. The largest absolute Gasteiger partial charge is 0.491 e. The van der Waals surface area contributed by atoms with E-state index in [0.717, 1.165) is 30.5 Å². The van der Waals surface area contributed by atoms with Crippen molar-refractivity contribution >= 4 is 5.69 Å². The molecule has 0 bridgehead atoms. The van der Waals surface area contributed by atoms with Crippen LogP contribution < -0.4 is 10.1 Å². The fourth-order valence-corrected chi connectivity index (χ4v) is 2.52. The molecule has 3 heteroatoms. The second-order valence-corrected chi connectivity index (χ2v) is 6.33. The van der Waals surface area contributed by atoms with Crippen LogP contribution >= 0.6 is 0 Å². The highest BCUT2D eigenvalue weighted by molar-refractivity contribution is 5.56. The highest BCUT2D eigenvalue weighted by Crippen LogP contribution is 2.25. The smallest absolute Gasteiger partial charge is 0.142 e. The van der Waals surface area contributed by atoms with Gasteiger partial charge in [-0.2, -0.15) is 0 Å². The van der Waals surface area contributed by atoms with Gasteiger partial charge in [-0.1, -0.05) is 26.0 Å². The van der Waals surface area contributed by atoms with Gasteiger partial charge in [0.1, 0.15) is 5.75 Å². The number of anilines is 1. The summed E-state index contributed by atoms with van der Waals surface area (Å²) >= 11 is 0. The SMILES string of the molecule is CC(C)COc1ccccc1NCC1CCN(C)CC1. The van der Waals surface area contributed by atoms with Gasteiger partial charge < -0.3 is 15.0 Å². The fraction of sp³-hybridized carbons (Fsp3) is 0.647. The van der Waals surface area contributed by atoms with Crippen molar-refractivity contribution < 1.29 is 4.74 Å². The zero-order chi connectivity index (χ0) is 14.4. The lowest BCUT2D eigenvalue weighted by atomic mass is 9.97. The molecule has 1 saturated heterocycles. The second kappa shape index (κ2) is 7.53. The number of ether oxygens (including phenoxy) is 1. The average molecular weight is 276 g/mol. The number of rotatable bonds is 6. The first kappa shape index (κ1) is 15.2. The summed E-state index contributed by atoms with van der Waals surface area (Å²) in [6.45, 7) is 8.61. The minimum absolute atomic E-state index is 0.553. The van der Waals surface area contributed by atoms with E-state index in [0.29, 0.717) is 5.92 Å². The second-order valence-electron chi connectivity index (χ2n) is 6.33. The lowest BCUT2D eigenvalue weighted by Gasteiger charge is -2.29. The van der Waals surface area contributed by atoms with Gasteiger partial charge in [-0.15, -0.1) is 0 Å². The molecule has 0 saturated carbocycles. The molecule has 1 heterocycles. The Kier molecular flexibility index (Phi) is 5.72. The van der Waals surface area contributed by atoms with E-state index in [9.17, 15) is 0 Å². The molecule has 1 aliphatic heterocycles. The molecule has 1 aromatic carbocycles. The number of nitrogens with one attached hydrogen (secondary N) is 1. The van der Waals surface area contributed by atoms with E-state index < -0.39 is 0 Å². The van der Waals surface area contributed by atoms with Crippen LogP contribution in [0.25, 0.3) is 0 Å². The lowest BCUT2D eigenvalue weighted by Crippen LogP contribution is -2.33. The standard InChI is InChI=1S/C17H28N2O/c1-14(2)13-20-17-7-5-4-6-16(17)18-12-15-8-10-19(3)11-9-15/h4-7,14-15,18H,8-13H2,1-3H3. The summed E-state index contributed by atoms with van der Waals surface area (Å²) in [6.07, 6.45) is 2.58. The van der Waals surface area contributed by atoms with Crippen LogP contribution in [0.5, 0.6) is 5.75 Å². The molecule has 3 nitrogen and oxygen atoms in total. The molecule has 0 amide bonds. The quantitative estimate of drug-likeness (QED) is 0.861. The summed E-state index contributed by atoms with van der Waals surface area (Å²) in [5.41, 5.74) is 1.13. The Balaban J connectivity index is 1.85. The van der Waals surface area contributed by atoms with E-state index in [1.807, 2.05) is 6.07 Å². The zero-order valence-electron chi connectivity index (χ0n) is 13.1. The molecular formula is C17H28N2O. The highest BCUT2D eigenvalue weighted by atomic mass is 16.5. The van der Waals surface area contributed by atoms with Crippen LogP contribution in [0.15, 0.2) is 24.3 Å². The molecule has 2 rings (SSSR count). The van der Waals surface area contributed by atoms with E-state index in [1.54, 1.807) is 0 Å². The topological polar surface area (TPSA) is 24.5 Å². The first-order valence-corrected chi connectivity index (χ1v) is 7.79. The summed E-state index contributed by atoms with van der Waals surface area (Å²) in [6, 6.07) is 8.28. The predicted octanol–water partition coefficient (Wildman–Crippen LogP) is 3.48. The van der Waals surface area contributed by atoms with Crippen molar-refractivity contribution in [2.75, 3.05) is 38.6 Å². The summed E-state index contributed by atoms with van der Waals surface area (Å²) in [4.78, 5) is 2.41. The molecule has 0 spiro atoms. The molecule has 20 heavy (non-hydrogen) atoms. The molecule has 112 valence electrons. The van der Waals surface area contributed by atoms with Gasteiger partial charge in [0.25, 0.3) is 0 Å². The number of piperidine rings is 1. The Labute approximate surface area is 123 Å². The van der Waals surface area contributed by atoms with Gasteiger partial charge in [0.05, 0.1) is 12.3 Å². The van der Waals surface area contributed by atoms with Crippen LogP contribution in [0.4, 0.5) is 5.69 Å². The Morgan fingerprint density at radius 2 is 1.95 bits per heavy atom. The zero-order valence-corrected chi connectivity index (χ0v) is 13.1. The number of likely N-dealkylation sites (tertiary alicyclic amines) is 1. The van der Waals surface area contributed by atoms with Crippen LogP contribution in [-0.4, -0.2) is 38.2 Å². The Morgan fingerprint density at radius 3 is 2.65 bits per heavy atom. The van der Waals surface area contributed by atoms with Gasteiger partial charge in [0.2, 0.25) is 0 Å². The van der Waals surface area contributed by atoms with Crippen LogP contribution in [0, 0.1) is 11.8 Å².